The number of anilines is 2. The summed E-state index contributed by atoms with van der Waals surface area (Å²) >= 11 is 0. The van der Waals surface area contributed by atoms with E-state index in [-0.39, 0.29) is 11.8 Å². The van der Waals surface area contributed by atoms with E-state index in [9.17, 15) is 9.59 Å². The fourth-order valence-electron chi connectivity index (χ4n) is 0.818. The van der Waals surface area contributed by atoms with E-state index in [4.69, 9.17) is 0 Å². The highest BCUT2D eigenvalue weighted by Crippen LogP contribution is 2.04. The van der Waals surface area contributed by atoms with Crippen LogP contribution in [-0.2, 0) is 9.59 Å². The Labute approximate surface area is 80.8 Å². The van der Waals surface area contributed by atoms with Gasteiger partial charge in [0.1, 0.15) is 0 Å². The fourth-order valence-corrected chi connectivity index (χ4v) is 0.818. The second-order valence-corrected chi connectivity index (χ2v) is 2.65. The number of nitrogens with one attached hydrogen (secondary N) is 2. The molecule has 2 amide bonds. The topological polar surface area (TPSA) is 84.0 Å². The molecule has 2 N–H and O–H groups in total. The van der Waals surface area contributed by atoms with Gasteiger partial charge >= 0.3 is 0 Å². The van der Waals surface area contributed by atoms with Crippen molar-refractivity contribution in [1.29, 1.82) is 0 Å². The average molecular weight is 194 g/mol. The lowest BCUT2D eigenvalue weighted by atomic mass is 10.5. The van der Waals surface area contributed by atoms with E-state index in [2.05, 4.69) is 20.6 Å². The molecular formula is C8H10N4O2. The predicted molar refractivity (Wildman–Crippen MR) is 50.6 cm³/mol. The molecule has 0 aromatic carbocycles. The van der Waals surface area contributed by atoms with Gasteiger partial charge in [-0.1, -0.05) is 0 Å². The molecule has 0 saturated carbocycles. The van der Waals surface area contributed by atoms with E-state index in [1.807, 2.05) is 0 Å². The van der Waals surface area contributed by atoms with E-state index in [0.29, 0.717) is 11.6 Å². The largest absolute Gasteiger partial charge is 0.310 e. The molecule has 1 aromatic rings. The van der Waals surface area contributed by atoms with Crippen molar-refractivity contribution in [1.82, 2.24) is 9.97 Å². The van der Waals surface area contributed by atoms with Gasteiger partial charge in [-0.15, -0.1) is 0 Å². The van der Waals surface area contributed by atoms with Gasteiger partial charge in [-0.2, -0.15) is 0 Å². The lowest BCUT2D eigenvalue weighted by molar-refractivity contribution is -0.115. The van der Waals surface area contributed by atoms with Crippen molar-refractivity contribution < 1.29 is 9.59 Å². The van der Waals surface area contributed by atoms with E-state index in [1.54, 1.807) is 0 Å². The Bertz CT molecular complexity index is 312. The Morgan fingerprint density at radius 1 is 1.00 bits per heavy atom. The maximum Gasteiger partial charge on any atom is 0.222 e. The molecular weight excluding hydrogens is 184 g/mol. The van der Waals surface area contributed by atoms with E-state index in [1.165, 1.54) is 26.2 Å². The van der Waals surface area contributed by atoms with Crippen LogP contribution in [0.3, 0.4) is 0 Å². The quantitative estimate of drug-likeness (QED) is 0.713. The van der Waals surface area contributed by atoms with Crippen LogP contribution in [-0.4, -0.2) is 21.8 Å². The van der Waals surface area contributed by atoms with Gasteiger partial charge in [0.05, 0.1) is 12.4 Å². The van der Waals surface area contributed by atoms with Crippen molar-refractivity contribution in [3.05, 3.63) is 12.4 Å². The molecule has 0 aliphatic carbocycles. The first-order valence-electron chi connectivity index (χ1n) is 3.95. The van der Waals surface area contributed by atoms with E-state index in [0.717, 1.165) is 0 Å². The fraction of sp³-hybridized carbons (Fsp3) is 0.250. The zero-order valence-corrected chi connectivity index (χ0v) is 7.87. The molecule has 1 aromatic heterocycles. The Morgan fingerprint density at radius 3 is 1.57 bits per heavy atom. The van der Waals surface area contributed by atoms with Gasteiger partial charge in [0.2, 0.25) is 11.8 Å². The van der Waals surface area contributed by atoms with Gasteiger partial charge in [-0.25, -0.2) is 9.97 Å². The highest BCUT2D eigenvalue weighted by molar-refractivity contribution is 5.88. The zero-order chi connectivity index (χ0) is 10.6. The van der Waals surface area contributed by atoms with Gasteiger partial charge in [0, 0.05) is 13.8 Å². The number of carbonyl (C=O) groups excluding carboxylic acids is 2. The number of rotatable bonds is 2. The predicted octanol–water partition coefficient (Wildman–Crippen LogP) is 0.393. The van der Waals surface area contributed by atoms with Crippen molar-refractivity contribution in [3.63, 3.8) is 0 Å². The van der Waals surface area contributed by atoms with Gasteiger partial charge in [0.15, 0.2) is 11.6 Å². The summed E-state index contributed by atoms with van der Waals surface area (Å²) in [6.07, 6.45) is 2.74. The molecule has 0 aliphatic heterocycles. The summed E-state index contributed by atoms with van der Waals surface area (Å²) in [6, 6.07) is 0. The Balaban J connectivity index is 2.68. The van der Waals surface area contributed by atoms with Gasteiger partial charge in [-0.3, -0.25) is 9.59 Å². The molecule has 1 rings (SSSR count). The number of nitrogens with zero attached hydrogens (tertiary/aromatic N) is 2. The van der Waals surface area contributed by atoms with Gasteiger partial charge < -0.3 is 10.6 Å². The van der Waals surface area contributed by atoms with Crippen molar-refractivity contribution in [2.45, 2.75) is 13.8 Å². The number of aromatic nitrogens is 2. The van der Waals surface area contributed by atoms with Crippen molar-refractivity contribution >= 4 is 23.5 Å². The third-order valence-corrected chi connectivity index (χ3v) is 1.26. The Hall–Kier alpha value is -1.98. The van der Waals surface area contributed by atoms with Gasteiger partial charge in [0.25, 0.3) is 0 Å². The van der Waals surface area contributed by atoms with Crippen molar-refractivity contribution in [2.24, 2.45) is 0 Å². The van der Waals surface area contributed by atoms with Crippen LogP contribution < -0.4 is 10.6 Å². The first-order valence-corrected chi connectivity index (χ1v) is 3.95. The molecule has 0 spiro atoms. The monoisotopic (exact) mass is 194 g/mol. The molecule has 14 heavy (non-hydrogen) atoms. The maximum atomic E-state index is 10.6. The highest BCUT2D eigenvalue weighted by Gasteiger charge is 1.99. The third kappa shape index (κ3) is 3.18. The van der Waals surface area contributed by atoms with Crippen LogP contribution in [0.2, 0.25) is 0 Å². The molecule has 0 aliphatic rings. The van der Waals surface area contributed by atoms with Crippen LogP contribution in [0, 0.1) is 0 Å². The van der Waals surface area contributed by atoms with Crippen LogP contribution in [0.1, 0.15) is 13.8 Å². The summed E-state index contributed by atoms with van der Waals surface area (Å²) in [6.45, 7) is 2.76. The average Bonchev–Trinajstić information content (AvgIpc) is 2.06. The zero-order valence-electron chi connectivity index (χ0n) is 7.87. The van der Waals surface area contributed by atoms with Gasteiger partial charge in [-0.05, 0) is 0 Å². The standard InChI is InChI=1S/C8H10N4O2/c1-5(13)11-7-3-10-8(4-9-7)12-6(2)14/h3-4H,1-2H3,(H,9,11,13)(H,10,12,14). The molecule has 0 unspecified atom stereocenters. The number of hydrogen-bond acceptors (Lipinski definition) is 4. The summed E-state index contributed by atoms with van der Waals surface area (Å²) in [5, 5.41) is 4.92. The molecule has 0 radical (unpaired) electrons. The second-order valence-electron chi connectivity index (χ2n) is 2.65. The van der Waals surface area contributed by atoms with Crippen LogP contribution in [0.15, 0.2) is 12.4 Å². The minimum Gasteiger partial charge on any atom is -0.310 e. The molecule has 74 valence electrons. The summed E-state index contributed by atoms with van der Waals surface area (Å²) in [7, 11) is 0. The first kappa shape index (κ1) is 10.1. The SMILES string of the molecule is CC(=O)Nc1cnc(NC(C)=O)cn1. The summed E-state index contributed by atoms with van der Waals surface area (Å²) in [5.41, 5.74) is 0. The molecule has 0 bridgehead atoms. The number of hydrogen-bond donors (Lipinski definition) is 2. The molecule has 1 heterocycles. The minimum atomic E-state index is -0.216. The van der Waals surface area contributed by atoms with Crippen molar-refractivity contribution in [2.75, 3.05) is 10.6 Å². The number of amides is 2. The molecule has 0 fully saturated rings. The Kier molecular flexibility index (Phi) is 3.11. The summed E-state index contributed by atoms with van der Waals surface area (Å²) < 4.78 is 0. The number of carbonyl (C=O) groups is 2. The smallest absolute Gasteiger partial charge is 0.222 e. The highest BCUT2D eigenvalue weighted by atomic mass is 16.2. The lowest BCUT2D eigenvalue weighted by Crippen LogP contribution is -2.10. The first-order chi connectivity index (χ1) is 6.58. The summed E-state index contributed by atoms with van der Waals surface area (Å²) in [5.74, 6) is 0.274. The van der Waals surface area contributed by atoms with Crippen LogP contribution in [0.5, 0.6) is 0 Å². The third-order valence-electron chi connectivity index (χ3n) is 1.26. The normalized spacial score (nSPS) is 9.29. The second kappa shape index (κ2) is 4.31. The van der Waals surface area contributed by atoms with E-state index < -0.39 is 0 Å². The molecule has 6 nitrogen and oxygen atoms in total. The lowest BCUT2D eigenvalue weighted by Gasteiger charge is -2.02. The van der Waals surface area contributed by atoms with Crippen LogP contribution in [0.25, 0.3) is 0 Å². The van der Waals surface area contributed by atoms with E-state index >= 15 is 0 Å². The minimum absolute atomic E-state index is 0.216. The molecule has 0 saturated heterocycles. The van der Waals surface area contributed by atoms with Crippen LogP contribution in [0.4, 0.5) is 11.6 Å². The van der Waals surface area contributed by atoms with Crippen molar-refractivity contribution in [3.8, 4) is 0 Å². The Morgan fingerprint density at radius 2 is 1.36 bits per heavy atom. The molecule has 0 atom stereocenters. The summed E-state index contributed by atoms with van der Waals surface area (Å²) in [4.78, 5) is 29.0. The molecule has 6 heteroatoms. The van der Waals surface area contributed by atoms with Crippen LogP contribution >= 0.6 is 0 Å². The maximum absolute atomic E-state index is 10.6.